The Morgan fingerprint density at radius 1 is 0.821 bits per heavy atom. The Bertz CT molecular complexity index is 1640. The van der Waals surface area contributed by atoms with Gasteiger partial charge in [0.15, 0.2) is 11.5 Å². The smallest absolute Gasteiger partial charge is 0.275 e. The Hall–Kier alpha value is -4.43. The van der Waals surface area contributed by atoms with Crippen LogP contribution in [0.15, 0.2) is 82.4 Å². The first kappa shape index (κ1) is 26.2. The van der Waals surface area contributed by atoms with Gasteiger partial charge in [-0.3, -0.25) is 19.8 Å². The molecule has 5 rings (SSSR count). The van der Waals surface area contributed by atoms with Crippen molar-refractivity contribution in [2.45, 2.75) is 26.7 Å². The molecule has 0 aliphatic carbocycles. The summed E-state index contributed by atoms with van der Waals surface area (Å²) in [7, 11) is 1.52. The maximum absolute atomic E-state index is 14.0. The number of para-hydroxylation sites is 2. The normalized spacial score (nSPS) is 11.2. The Labute approximate surface area is 230 Å². The van der Waals surface area contributed by atoms with Crippen molar-refractivity contribution in [3.05, 3.63) is 127 Å². The average Bonchev–Trinajstić information content (AvgIpc) is 3.40. The van der Waals surface area contributed by atoms with E-state index in [-0.39, 0.29) is 11.1 Å². The number of hydrogen-bond acceptors (Lipinski definition) is 4. The van der Waals surface area contributed by atoms with Crippen LogP contribution in [0, 0.1) is 13.8 Å². The number of aromatic nitrogens is 4. The predicted octanol–water partition coefficient (Wildman–Crippen LogP) is 5.50. The summed E-state index contributed by atoms with van der Waals surface area (Å²) in [4.78, 5) is 28.0. The summed E-state index contributed by atoms with van der Waals surface area (Å²) in [6.07, 6.45) is 0. The standard InChI is InChI=1S/C30H29ClN4O4/c1-5-39-24-17-20(16-23(31)28(24)38-4)27(25-18(2)32-34(29(25)36)21-12-8-6-9-13-21)26-19(3)33-35(30(26)37)22-14-10-7-11-15-22/h6-17,27,32-33H,5H2,1-4H3. The lowest BCUT2D eigenvalue weighted by Crippen LogP contribution is -2.25. The topological polar surface area (TPSA) is 94.0 Å². The highest BCUT2D eigenvalue weighted by Gasteiger charge is 2.32. The van der Waals surface area contributed by atoms with E-state index in [2.05, 4.69) is 10.2 Å². The number of benzene rings is 3. The molecule has 200 valence electrons. The van der Waals surface area contributed by atoms with E-state index in [4.69, 9.17) is 21.1 Å². The molecule has 8 nitrogen and oxygen atoms in total. The van der Waals surface area contributed by atoms with Crippen LogP contribution >= 0.6 is 11.6 Å². The van der Waals surface area contributed by atoms with Gasteiger partial charge in [0.1, 0.15) is 0 Å². The fourth-order valence-corrected chi connectivity index (χ4v) is 5.31. The molecule has 0 saturated carbocycles. The van der Waals surface area contributed by atoms with E-state index >= 15 is 0 Å². The quantitative estimate of drug-likeness (QED) is 0.270. The molecule has 0 atom stereocenters. The minimum Gasteiger partial charge on any atom is -0.491 e. The van der Waals surface area contributed by atoms with E-state index in [0.717, 1.165) is 0 Å². The summed E-state index contributed by atoms with van der Waals surface area (Å²) in [6.45, 7) is 5.90. The second-order valence-corrected chi connectivity index (χ2v) is 9.56. The fourth-order valence-electron chi connectivity index (χ4n) is 5.01. The van der Waals surface area contributed by atoms with Crippen molar-refractivity contribution in [3.8, 4) is 22.9 Å². The van der Waals surface area contributed by atoms with E-state index in [0.29, 0.717) is 62.6 Å². The predicted molar refractivity (Wildman–Crippen MR) is 152 cm³/mol. The van der Waals surface area contributed by atoms with Crippen molar-refractivity contribution in [1.82, 2.24) is 19.6 Å². The number of ether oxygens (including phenoxy) is 2. The summed E-state index contributed by atoms with van der Waals surface area (Å²) >= 11 is 6.66. The number of H-pyrrole nitrogens is 2. The third-order valence-corrected chi connectivity index (χ3v) is 6.99. The van der Waals surface area contributed by atoms with Crippen LogP contribution in [0.2, 0.25) is 5.02 Å². The Morgan fingerprint density at radius 3 is 1.74 bits per heavy atom. The van der Waals surface area contributed by atoms with E-state index in [1.807, 2.05) is 81.4 Å². The van der Waals surface area contributed by atoms with E-state index < -0.39 is 5.92 Å². The molecular weight excluding hydrogens is 516 g/mol. The molecule has 0 radical (unpaired) electrons. The van der Waals surface area contributed by atoms with Crippen molar-refractivity contribution in [2.75, 3.05) is 13.7 Å². The van der Waals surface area contributed by atoms with Crippen molar-refractivity contribution >= 4 is 11.6 Å². The number of methoxy groups -OCH3 is 1. The molecule has 2 N–H and O–H groups in total. The highest BCUT2D eigenvalue weighted by atomic mass is 35.5. The van der Waals surface area contributed by atoms with Crippen LogP contribution in [0.3, 0.4) is 0 Å². The molecule has 3 aromatic carbocycles. The van der Waals surface area contributed by atoms with Gasteiger partial charge in [0.2, 0.25) is 0 Å². The van der Waals surface area contributed by atoms with Gasteiger partial charge in [0.05, 0.1) is 41.2 Å². The van der Waals surface area contributed by atoms with Gasteiger partial charge in [-0.25, -0.2) is 9.36 Å². The summed E-state index contributed by atoms with van der Waals surface area (Å²) in [6, 6.07) is 22.1. The number of halogens is 1. The van der Waals surface area contributed by atoms with Crippen LogP contribution in [-0.2, 0) is 0 Å². The fraction of sp³-hybridized carbons (Fsp3) is 0.200. The molecule has 0 fully saturated rings. The van der Waals surface area contributed by atoms with Crippen LogP contribution in [-0.4, -0.2) is 33.3 Å². The zero-order valence-corrected chi connectivity index (χ0v) is 22.9. The van der Waals surface area contributed by atoms with Gasteiger partial charge in [-0.15, -0.1) is 0 Å². The molecular formula is C30H29ClN4O4. The first-order valence-corrected chi connectivity index (χ1v) is 13.0. The number of aryl methyl sites for hydroxylation is 2. The van der Waals surface area contributed by atoms with Gasteiger partial charge in [-0.2, -0.15) is 0 Å². The lowest BCUT2D eigenvalue weighted by molar-refractivity contribution is 0.310. The largest absolute Gasteiger partial charge is 0.491 e. The molecule has 0 spiro atoms. The Balaban J connectivity index is 1.81. The lowest BCUT2D eigenvalue weighted by Gasteiger charge is -2.19. The number of aromatic amines is 2. The summed E-state index contributed by atoms with van der Waals surface area (Å²) in [5.74, 6) is 0.0664. The van der Waals surface area contributed by atoms with Crippen molar-refractivity contribution in [2.24, 2.45) is 0 Å². The number of rotatable bonds is 8. The highest BCUT2D eigenvalue weighted by Crippen LogP contribution is 2.41. The second kappa shape index (κ2) is 10.7. The Kier molecular flexibility index (Phi) is 7.21. The van der Waals surface area contributed by atoms with Crippen LogP contribution < -0.4 is 20.6 Å². The van der Waals surface area contributed by atoms with Crippen LogP contribution in [0.25, 0.3) is 11.4 Å². The second-order valence-electron chi connectivity index (χ2n) is 9.15. The van der Waals surface area contributed by atoms with E-state index in [1.54, 1.807) is 12.1 Å². The number of nitrogens with zero attached hydrogens (tertiary/aromatic N) is 2. The summed E-state index contributed by atoms with van der Waals surface area (Å²) < 4.78 is 14.3. The first-order valence-electron chi connectivity index (χ1n) is 12.6. The molecule has 2 heterocycles. The van der Waals surface area contributed by atoms with E-state index in [1.165, 1.54) is 16.5 Å². The Morgan fingerprint density at radius 2 is 1.31 bits per heavy atom. The number of nitrogens with one attached hydrogen (secondary N) is 2. The van der Waals surface area contributed by atoms with Gasteiger partial charge in [0, 0.05) is 17.3 Å². The molecule has 0 aliphatic rings. The molecule has 5 aromatic rings. The zero-order chi connectivity index (χ0) is 27.7. The first-order chi connectivity index (χ1) is 18.8. The zero-order valence-electron chi connectivity index (χ0n) is 22.1. The molecule has 0 bridgehead atoms. The van der Waals surface area contributed by atoms with Crippen LogP contribution in [0.5, 0.6) is 11.5 Å². The SMILES string of the molecule is CCOc1cc(C(c2c(C)[nH]n(-c3ccccc3)c2=O)c2c(C)[nH]n(-c3ccccc3)c2=O)cc(Cl)c1OC. The van der Waals surface area contributed by atoms with Gasteiger partial charge >= 0.3 is 0 Å². The molecule has 0 unspecified atom stereocenters. The minimum absolute atomic E-state index is 0.264. The van der Waals surface area contributed by atoms with Gasteiger partial charge in [-0.05, 0) is 62.7 Å². The molecule has 39 heavy (non-hydrogen) atoms. The molecule has 0 amide bonds. The van der Waals surface area contributed by atoms with Crippen molar-refractivity contribution < 1.29 is 9.47 Å². The molecule has 9 heteroatoms. The maximum Gasteiger partial charge on any atom is 0.275 e. The van der Waals surface area contributed by atoms with Gasteiger partial charge < -0.3 is 9.47 Å². The third-order valence-electron chi connectivity index (χ3n) is 6.71. The van der Waals surface area contributed by atoms with E-state index in [9.17, 15) is 9.59 Å². The monoisotopic (exact) mass is 544 g/mol. The molecule has 0 saturated heterocycles. The average molecular weight is 545 g/mol. The maximum atomic E-state index is 14.0. The van der Waals surface area contributed by atoms with Crippen molar-refractivity contribution in [1.29, 1.82) is 0 Å². The summed E-state index contributed by atoms with van der Waals surface area (Å²) in [5.41, 5.74) is 3.60. The third kappa shape index (κ3) is 4.68. The lowest BCUT2D eigenvalue weighted by atomic mass is 9.85. The van der Waals surface area contributed by atoms with Gasteiger partial charge in [0.25, 0.3) is 11.1 Å². The highest BCUT2D eigenvalue weighted by molar-refractivity contribution is 6.32. The molecule has 2 aromatic heterocycles. The van der Waals surface area contributed by atoms with Crippen molar-refractivity contribution in [3.63, 3.8) is 0 Å². The van der Waals surface area contributed by atoms with Crippen LogP contribution in [0.4, 0.5) is 0 Å². The summed E-state index contributed by atoms with van der Waals surface area (Å²) in [5, 5.41) is 6.72. The number of hydrogen-bond donors (Lipinski definition) is 2. The van der Waals surface area contributed by atoms with Crippen LogP contribution in [0.1, 0.15) is 40.9 Å². The van der Waals surface area contributed by atoms with Gasteiger partial charge in [-0.1, -0.05) is 48.0 Å². The minimum atomic E-state index is -0.755. The molecule has 0 aliphatic heterocycles.